The maximum absolute atomic E-state index is 12.4. The summed E-state index contributed by atoms with van der Waals surface area (Å²) in [5.41, 5.74) is 3.40. The van der Waals surface area contributed by atoms with Crippen molar-refractivity contribution in [3.05, 3.63) is 76.1 Å². The van der Waals surface area contributed by atoms with Crippen molar-refractivity contribution in [2.75, 3.05) is 11.9 Å². The molecule has 144 valence electrons. The lowest BCUT2D eigenvalue weighted by atomic mass is 10.0. The van der Waals surface area contributed by atoms with Crippen molar-refractivity contribution in [3.8, 4) is 5.75 Å². The molecule has 1 N–H and O–H groups in total. The van der Waals surface area contributed by atoms with Crippen molar-refractivity contribution in [1.29, 1.82) is 0 Å². The predicted octanol–water partition coefficient (Wildman–Crippen LogP) is 3.94. The first-order valence-electron chi connectivity index (χ1n) is 8.68. The number of aromatic nitrogens is 2. The average Bonchev–Trinajstić information content (AvgIpc) is 2.93. The van der Waals surface area contributed by atoms with Crippen LogP contribution < -0.4 is 10.1 Å². The number of anilines is 1. The summed E-state index contributed by atoms with van der Waals surface area (Å²) in [4.78, 5) is 24.6. The van der Waals surface area contributed by atoms with E-state index in [-0.39, 0.29) is 18.3 Å². The molecule has 0 fully saturated rings. The van der Waals surface area contributed by atoms with Crippen molar-refractivity contribution in [3.63, 3.8) is 0 Å². The van der Waals surface area contributed by atoms with Crippen LogP contribution in [0, 0.1) is 13.8 Å². The molecule has 0 saturated carbocycles. The van der Waals surface area contributed by atoms with Crippen LogP contribution in [0.5, 0.6) is 5.75 Å². The molecule has 0 atom stereocenters. The lowest BCUT2D eigenvalue weighted by Gasteiger charge is -2.08. The number of rotatable bonds is 6. The van der Waals surface area contributed by atoms with E-state index in [2.05, 4.69) is 10.4 Å². The van der Waals surface area contributed by atoms with E-state index in [4.69, 9.17) is 16.3 Å². The van der Waals surface area contributed by atoms with E-state index in [1.54, 1.807) is 53.2 Å². The number of benzene rings is 2. The normalized spacial score (nSPS) is 10.6. The topological polar surface area (TPSA) is 73.2 Å². The number of hydrogen-bond acceptors (Lipinski definition) is 4. The van der Waals surface area contributed by atoms with Gasteiger partial charge in [0.1, 0.15) is 5.75 Å². The Hall–Kier alpha value is -3.12. The largest absolute Gasteiger partial charge is 0.484 e. The van der Waals surface area contributed by atoms with Crippen molar-refractivity contribution in [1.82, 2.24) is 9.78 Å². The van der Waals surface area contributed by atoms with Gasteiger partial charge in [0.25, 0.3) is 5.91 Å². The number of nitrogens with zero attached hydrogens (tertiary/aromatic N) is 2. The fourth-order valence-electron chi connectivity index (χ4n) is 2.75. The molecule has 3 aromatic rings. The summed E-state index contributed by atoms with van der Waals surface area (Å²) < 4.78 is 7.23. The Morgan fingerprint density at radius 2 is 1.61 bits per heavy atom. The van der Waals surface area contributed by atoms with Gasteiger partial charge in [-0.15, -0.1) is 0 Å². The van der Waals surface area contributed by atoms with E-state index >= 15 is 0 Å². The maximum atomic E-state index is 12.4. The average molecular weight is 398 g/mol. The van der Waals surface area contributed by atoms with Gasteiger partial charge in [-0.2, -0.15) is 5.10 Å². The van der Waals surface area contributed by atoms with Gasteiger partial charge in [0.05, 0.1) is 17.1 Å². The fraction of sp³-hybridized carbons (Fsp3) is 0.190. The highest BCUT2D eigenvalue weighted by atomic mass is 35.5. The van der Waals surface area contributed by atoms with Gasteiger partial charge in [-0.1, -0.05) is 11.6 Å². The molecule has 3 rings (SSSR count). The predicted molar refractivity (Wildman–Crippen MR) is 108 cm³/mol. The molecule has 0 unspecified atom stereocenters. The summed E-state index contributed by atoms with van der Waals surface area (Å²) in [5, 5.41) is 7.65. The van der Waals surface area contributed by atoms with Crippen LogP contribution >= 0.6 is 11.6 Å². The van der Waals surface area contributed by atoms with Crippen LogP contribution in [0.15, 0.2) is 48.5 Å². The van der Waals surface area contributed by atoms with E-state index in [0.29, 0.717) is 27.6 Å². The molecule has 6 nitrogen and oxygen atoms in total. The lowest BCUT2D eigenvalue weighted by molar-refractivity contribution is -0.118. The Morgan fingerprint density at radius 3 is 2.14 bits per heavy atom. The second-order valence-corrected chi connectivity index (χ2v) is 6.80. The number of hydrogen-bond donors (Lipinski definition) is 1. The van der Waals surface area contributed by atoms with Gasteiger partial charge >= 0.3 is 0 Å². The van der Waals surface area contributed by atoms with Crippen LogP contribution in [0.2, 0.25) is 5.02 Å². The van der Waals surface area contributed by atoms with E-state index in [1.807, 2.05) is 20.9 Å². The number of ether oxygens (including phenoxy) is 1. The van der Waals surface area contributed by atoms with Crippen LogP contribution in [0.4, 0.5) is 5.69 Å². The summed E-state index contributed by atoms with van der Waals surface area (Å²) in [6.45, 7) is 3.57. The summed E-state index contributed by atoms with van der Waals surface area (Å²) in [5.74, 6) is 0.117. The molecule has 1 amide bonds. The number of carbonyl (C=O) groups is 2. The maximum Gasteiger partial charge on any atom is 0.262 e. The summed E-state index contributed by atoms with van der Waals surface area (Å²) in [6, 6.07) is 13.4. The summed E-state index contributed by atoms with van der Waals surface area (Å²) in [6.07, 6.45) is 0. The highest BCUT2D eigenvalue weighted by molar-refractivity contribution is 6.30. The van der Waals surface area contributed by atoms with Crippen molar-refractivity contribution in [2.24, 2.45) is 7.05 Å². The van der Waals surface area contributed by atoms with Crippen LogP contribution in [-0.4, -0.2) is 28.1 Å². The second-order valence-electron chi connectivity index (χ2n) is 6.37. The molecule has 0 spiro atoms. The smallest absolute Gasteiger partial charge is 0.262 e. The summed E-state index contributed by atoms with van der Waals surface area (Å²) in [7, 11) is 1.82. The minimum Gasteiger partial charge on any atom is -0.484 e. The standard InChI is InChI=1S/C21H20ClN3O3/c1-13-20(14(2)25(3)24-13)23-19(26)12-28-18-10-6-16(7-11-18)21(27)15-4-8-17(22)9-5-15/h4-11H,12H2,1-3H3,(H,23,26). The second kappa shape index (κ2) is 8.27. The SMILES string of the molecule is Cc1nn(C)c(C)c1NC(=O)COc1ccc(C(=O)c2ccc(Cl)cc2)cc1. The third kappa shape index (κ3) is 4.40. The Kier molecular flexibility index (Phi) is 5.80. The third-order valence-corrected chi connectivity index (χ3v) is 4.62. The van der Waals surface area contributed by atoms with E-state index in [9.17, 15) is 9.59 Å². The zero-order valence-corrected chi connectivity index (χ0v) is 16.6. The highest BCUT2D eigenvalue weighted by Crippen LogP contribution is 2.19. The summed E-state index contributed by atoms with van der Waals surface area (Å²) >= 11 is 5.85. The number of amides is 1. The van der Waals surface area contributed by atoms with Crippen molar-refractivity contribution >= 4 is 29.0 Å². The van der Waals surface area contributed by atoms with Gasteiger partial charge in [-0.25, -0.2) is 0 Å². The zero-order valence-electron chi connectivity index (χ0n) is 15.8. The molecular weight excluding hydrogens is 378 g/mol. The molecule has 1 heterocycles. The molecule has 0 radical (unpaired) electrons. The number of aryl methyl sites for hydroxylation is 2. The van der Waals surface area contributed by atoms with Crippen molar-refractivity contribution in [2.45, 2.75) is 13.8 Å². The van der Waals surface area contributed by atoms with Crippen LogP contribution in [-0.2, 0) is 11.8 Å². The number of halogens is 1. The monoisotopic (exact) mass is 397 g/mol. The molecule has 1 aromatic heterocycles. The lowest BCUT2D eigenvalue weighted by Crippen LogP contribution is -2.21. The minimum atomic E-state index is -0.277. The third-order valence-electron chi connectivity index (χ3n) is 4.37. The highest BCUT2D eigenvalue weighted by Gasteiger charge is 2.13. The molecule has 0 bridgehead atoms. The molecule has 0 aliphatic rings. The first-order chi connectivity index (χ1) is 13.3. The molecule has 2 aromatic carbocycles. The van der Waals surface area contributed by atoms with E-state index in [1.165, 1.54) is 0 Å². The van der Waals surface area contributed by atoms with Gasteiger partial charge < -0.3 is 10.1 Å². The van der Waals surface area contributed by atoms with E-state index in [0.717, 1.165) is 11.4 Å². The molecule has 0 aliphatic heterocycles. The van der Waals surface area contributed by atoms with Crippen molar-refractivity contribution < 1.29 is 14.3 Å². The first kappa shape index (κ1) is 19.6. The Morgan fingerprint density at radius 1 is 1.04 bits per heavy atom. The van der Waals surface area contributed by atoms with E-state index < -0.39 is 0 Å². The zero-order chi connectivity index (χ0) is 20.3. The fourth-order valence-corrected chi connectivity index (χ4v) is 2.88. The molecule has 7 heteroatoms. The molecule has 0 saturated heterocycles. The Balaban J connectivity index is 1.59. The Labute approximate surface area is 168 Å². The van der Waals surface area contributed by atoms with Gasteiger partial charge in [0.2, 0.25) is 0 Å². The van der Waals surface area contributed by atoms with Gasteiger partial charge in [0, 0.05) is 23.2 Å². The number of ketones is 1. The molecule has 28 heavy (non-hydrogen) atoms. The van der Waals surface area contributed by atoms with Crippen LogP contribution in [0.25, 0.3) is 0 Å². The van der Waals surface area contributed by atoms with Gasteiger partial charge in [-0.3, -0.25) is 14.3 Å². The van der Waals surface area contributed by atoms with Crippen LogP contribution in [0.1, 0.15) is 27.3 Å². The van der Waals surface area contributed by atoms with Crippen LogP contribution in [0.3, 0.4) is 0 Å². The van der Waals surface area contributed by atoms with Gasteiger partial charge in [-0.05, 0) is 62.4 Å². The first-order valence-corrected chi connectivity index (χ1v) is 9.06. The number of nitrogens with one attached hydrogen (secondary N) is 1. The Bertz CT molecular complexity index is 1010. The molecule has 0 aliphatic carbocycles. The number of carbonyl (C=O) groups excluding carboxylic acids is 2. The minimum absolute atomic E-state index is 0.108. The molecular formula is C21H20ClN3O3. The van der Waals surface area contributed by atoms with Gasteiger partial charge in [0.15, 0.2) is 12.4 Å². The quantitative estimate of drug-likeness (QED) is 0.639.